The summed E-state index contributed by atoms with van der Waals surface area (Å²) in [5.41, 5.74) is 5.42. The first-order valence-electron chi connectivity index (χ1n) is 14.8. The Morgan fingerprint density at radius 3 is 2.48 bits per heavy atom. The molecule has 0 spiro atoms. The van der Waals surface area contributed by atoms with E-state index in [0.29, 0.717) is 24.7 Å². The minimum Gasteiger partial charge on any atom is -0.478 e. The van der Waals surface area contributed by atoms with Gasteiger partial charge in [0.15, 0.2) is 16.6 Å². The van der Waals surface area contributed by atoms with Gasteiger partial charge in [0, 0.05) is 36.6 Å². The zero-order chi connectivity index (χ0) is 33.0. The van der Waals surface area contributed by atoms with Crippen LogP contribution in [0.15, 0.2) is 82.4 Å². The van der Waals surface area contributed by atoms with Crippen LogP contribution in [-0.4, -0.2) is 47.3 Å². The molecule has 3 heterocycles. The van der Waals surface area contributed by atoms with Crippen LogP contribution >= 0.6 is 15.9 Å². The fourth-order valence-electron chi connectivity index (χ4n) is 5.26. The van der Waals surface area contributed by atoms with E-state index >= 15 is 0 Å². The Morgan fingerprint density at radius 1 is 1.04 bits per heavy atom. The number of nitrogens with one attached hydrogen (secondary N) is 2. The van der Waals surface area contributed by atoms with E-state index in [9.17, 15) is 14.1 Å². The third-order valence-corrected chi connectivity index (χ3v) is 8.94. The number of halogens is 1. The largest absolute Gasteiger partial charge is 0.478 e. The summed E-state index contributed by atoms with van der Waals surface area (Å²) >= 11 is 3.57. The standard InChI is InChI=1S/C34H37BrN6O4S/c1-21-9-6-10-22(2)30(21)28-16-29(39-33(38-28)40-46(44)26-12-7-11-23(15-26)32(42)43)45-20-24(17-34(3,4)5)36-18-25-19-41-14-8-13-27(35)31(41)37-25/h6-16,19,24,36H,17-18,20H2,1-5H3,(H,42,43)(H,38,39,40). The van der Waals surface area contributed by atoms with Crippen LogP contribution in [0.4, 0.5) is 5.95 Å². The highest BCUT2D eigenvalue weighted by Crippen LogP contribution is 2.30. The molecule has 0 radical (unpaired) electrons. The predicted molar refractivity (Wildman–Crippen MR) is 183 cm³/mol. The first-order valence-corrected chi connectivity index (χ1v) is 16.8. The quantitative estimate of drug-likeness (QED) is 0.127. The first kappa shape index (κ1) is 33.2. The maximum Gasteiger partial charge on any atom is 0.335 e. The molecule has 0 saturated heterocycles. The van der Waals surface area contributed by atoms with Crippen molar-refractivity contribution in [1.82, 2.24) is 24.7 Å². The van der Waals surface area contributed by atoms with Crippen molar-refractivity contribution in [3.63, 3.8) is 0 Å². The van der Waals surface area contributed by atoms with Crippen molar-refractivity contribution in [3.05, 3.63) is 99.9 Å². The summed E-state index contributed by atoms with van der Waals surface area (Å²) < 4.78 is 25.4. The lowest BCUT2D eigenvalue weighted by Gasteiger charge is -2.26. The molecule has 0 amide bonds. The summed E-state index contributed by atoms with van der Waals surface area (Å²) in [6, 6.07) is 17.7. The Hall–Kier alpha value is -4.13. The van der Waals surface area contributed by atoms with Gasteiger partial charge in [-0.1, -0.05) is 45.0 Å². The summed E-state index contributed by atoms with van der Waals surface area (Å²) in [4.78, 5) is 25.8. The number of carbonyl (C=O) groups is 1. The van der Waals surface area contributed by atoms with Crippen molar-refractivity contribution >= 4 is 44.5 Å². The number of hydrogen-bond acceptors (Lipinski definition) is 7. The van der Waals surface area contributed by atoms with Crippen LogP contribution in [0.5, 0.6) is 5.88 Å². The topological polar surface area (TPSA) is 131 Å². The lowest BCUT2D eigenvalue weighted by Crippen LogP contribution is -2.37. The molecular weight excluding hydrogens is 668 g/mol. The number of fused-ring (bicyclic) bond motifs is 1. The number of imidazole rings is 1. The van der Waals surface area contributed by atoms with Crippen LogP contribution in [0.3, 0.4) is 0 Å². The number of aromatic carboxylic acids is 1. The third-order valence-electron chi connectivity index (χ3n) is 7.27. The van der Waals surface area contributed by atoms with Crippen molar-refractivity contribution in [2.75, 3.05) is 11.3 Å². The minimum absolute atomic E-state index is 0.0200. The van der Waals surface area contributed by atoms with E-state index < -0.39 is 17.0 Å². The highest BCUT2D eigenvalue weighted by Gasteiger charge is 2.21. The van der Waals surface area contributed by atoms with Gasteiger partial charge >= 0.3 is 5.97 Å². The Labute approximate surface area is 279 Å². The Balaban J connectivity index is 1.41. The van der Waals surface area contributed by atoms with Crippen molar-refractivity contribution in [1.29, 1.82) is 0 Å². The molecule has 2 atom stereocenters. The zero-order valence-electron chi connectivity index (χ0n) is 26.4. The van der Waals surface area contributed by atoms with Crippen molar-refractivity contribution in [2.45, 2.75) is 58.5 Å². The van der Waals surface area contributed by atoms with Gasteiger partial charge in [-0.3, -0.25) is 4.72 Å². The molecule has 0 bridgehead atoms. The van der Waals surface area contributed by atoms with E-state index in [2.05, 4.69) is 51.7 Å². The molecule has 3 aromatic heterocycles. The third kappa shape index (κ3) is 8.36. The van der Waals surface area contributed by atoms with Gasteiger partial charge in [0.05, 0.1) is 26.3 Å². The first-order chi connectivity index (χ1) is 21.9. The number of aryl methyl sites for hydroxylation is 2. The SMILES string of the molecule is Cc1cccc(C)c1-c1cc(OCC(CC(C)(C)C)NCc2cn3cccc(Br)c3n2)nc(NS(=O)c2cccc(C(=O)O)c2)n1. The summed E-state index contributed by atoms with van der Waals surface area (Å²) in [5, 5.41) is 13.0. The van der Waals surface area contributed by atoms with Crippen molar-refractivity contribution < 1.29 is 18.8 Å². The Morgan fingerprint density at radius 2 is 1.78 bits per heavy atom. The molecule has 240 valence electrons. The van der Waals surface area contributed by atoms with E-state index in [1.54, 1.807) is 18.2 Å². The van der Waals surface area contributed by atoms with Crippen LogP contribution in [-0.2, 0) is 17.5 Å². The molecule has 46 heavy (non-hydrogen) atoms. The molecule has 0 aliphatic heterocycles. The number of rotatable bonds is 12. The molecule has 0 aliphatic carbocycles. The van der Waals surface area contributed by atoms with Crippen LogP contribution < -0.4 is 14.8 Å². The summed E-state index contributed by atoms with van der Waals surface area (Å²) in [6.45, 7) is 11.4. The number of ether oxygens (including phenoxy) is 1. The Bertz CT molecular complexity index is 1880. The second-order valence-corrected chi connectivity index (χ2v) is 14.4. The lowest BCUT2D eigenvalue weighted by molar-refractivity contribution is 0.0696. The van der Waals surface area contributed by atoms with Crippen molar-refractivity contribution in [3.8, 4) is 17.1 Å². The van der Waals surface area contributed by atoms with Crippen LogP contribution in [0.2, 0.25) is 0 Å². The van der Waals surface area contributed by atoms with E-state index in [4.69, 9.17) is 14.7 Å². The maximum atomic E-state index is 13.3. The number of aromatic nitrogens is 4. The molecule has 5 aromatic rings. The van der Waals surface area contributed by atoms with Crippen molar-refractivity contribution in [2.24, 2.45) is 5.41 Å². The van der Waals surface area contributed by atoms with Crippen LogP contribution in [0.25, 0.3) is 16.9 Å². The average molecular weight is 706 g/mol. The predicted octanol–water partition coefficient (Wildman–Crippen LogP) is 6.98. The number of hydrogen-bond donors (Lipinski definition) is 3. The number of pyridine rings is 1. The molecule has 5 rings (SSSR count). The van der Waals surface area contributed by atoms with Gasteiger partial charge in [0.1, 0.15) is 6.61 Å². The van der Waals surface area contributed by atoms with Gasteiger partial charge < -0.3 is 19.6 Å². The smallest absolute Gasteiger partial charge is 0.335 e. The maximum absolute atomic E-state index is 13.3. The lowest BCUT2D eigenvalue weighted by atomic mass is 9.88. The molecule has 0 aliphatic rings. The Kier molecular flexibility index (Phi) is 10.2. The number of anilines is 1. The van der Waals surface area contributed by atoms with Gasteiger partial charge in [-0.05, 0) is 83.1 Å². The van der Waals surface area contributed by atoms with Gasteiger partial charge in [-0.25, -0.2) is 19.0 Å². The molecule has 12 heteroatoms. The molecule has 10 nitrogen and oxygen atoms in total. The average Bonchev–Trinajstić information content (AvgIpc) is 3.42. The molecule has 2 unspecified atom stereocenters. The summed E-state index contributed by atoms with van der Waals surface area (Å²) in [6.07, 6.45) is 4.80. The number of carboxylic acid groups (broad SMARTS) is 1. The number of carboxylic acids is 1. The number of nitrogens with zero attached hydrogens (tertiary/aromatic N) is 4. The van der Waals surface area contributed by atoms with Crippen LogP contribution in [0.1, 0.15) is 54.4 Å². The molecule has 0 fully saturated rings. The van der Waals surface area contributed by atoms with E-state index in [1.165, 1.54) is 12.1 Å². The van der Waals surface area contributed by atoms with Gasteiger partial charge in [-0.15, -0.1) is 0 Å². The molecule has 0 saturated carbocycles. The second kappa shape index (κ2) is 14.1. The fraction of sp³-hybridized carbons (Fsp3) is 0.294. The van der Waals surface area contributed by atoms with E-state index in [0.717, 1.165) is 38.9 Å². The monoisotopic (exact) mass is 704 g/mol. The second-order valence-electron chi connectivity index (χ2n) is 12.4. The minimum atomic E-state index is -1.82. The normalized spacial score (nSPS) is 13.0. The molecule has 3 N–H and O–H groups in total. The van der Waals surface area contributed by atoms with E-state index in [1.807, 2.05) is 61.0 Å². The molecule has 2 aromatic carbocycles. The van der Waals surface area contributed by atoms with Gasteiger partial charge in [-0.2, -0.15) is 4.98 Å². The molecular formula is C34H37BrN6O4S. The highest BCUT2D eigenvalue weighted by atomic mass is 79.9. The van der Waals surface area contributed by atoms with E-state index in [-0.39, 0.29) is 27.9 Å². The highest BCUT2D eigenvalue weighted by molar-refractivity contribution is 9.10. The van der Waals surface area contributed by atoms with Gasteiger partial charge in [0.2, 0.25) is 11.8 Å². The summed E-state index contributed by atoms with van der Waals surface area (Å²) in [7, 11) is -1.82. The summed E-state index contributed by atoms with van der Waals surface area (Å²) in [5.74, 6) is -0.677. The van der Waals surface area contributed by atoms with Crippen LogP contribution in [0, 0.1) is 19.3 Å². The van der Waals surface area contributed by atoms with Gasteiger partial charge in [0.25, 0.3) is 0 Å². The zero-order valence-corrected chi connectivity index (χ0v) is 28.8. The fourth-order valence-corrected chi connectivity index (χ4v) is 6.51. The number of benzene rings is 2.